The van der Waals surface area contributed by atoms with Gasteiger partial charge in [-0.25, -0.2) is 0 Å². The van der Waals surface area contributed by atoms with Crippen LogP contribution in [-0.4, -0.2) is 10.3 Å². The maximum Gasteiger partial charge on any atom is 0.151 e. The molecule has 2 aromatic carbocycles. The van der Waals surface area contributed by atoms with Crippen LogP contribution in [0, 0.1) is 10.8 Å². The summed E-state index contributed by atoms with van der Waals surface area (Å²) < 4.78 is 6.06. The molecule has 0 radical (unpaired) electrons. The van der Waals surface area contributed by atoms with E-state index < -0.39 is 0 Å². The number of nitrogens with two attached hydrogens (primary N) is 2. The van der Waals surface area contributed by atoms with E-state index in [2.05, 4.69) is 0 Å². The highest BCUT2D eigenvalue weighted by atomic mass is 79.9. The molecule has 0 fully saturated rings. The van der Waals surface area contributed by atoms with Crippen molar-refractivity contribution in [3.05, 3.63) is 59.7 Å². The Balaban J connectivity index is 0.00000288. The summed E-state index contributed by atoms with van der Waals surface area (Å²) in [6.45, 7) is 0. The number of benzene rings is 2. The van der Waals surface area contributed by atoms with Crippen LogP contribution in [0.3, 0.4) is 0 Å². The number of hydrogen-bond donors (Lipinski definition) is 4. The maximum atomic E-state index is 7.33. The molecule has 8 heteroatoms. The first-order valence-corrected chi connectivity index (χ1v) is 8.80. The number of hydrogen-bond acceptors (Lipinski definition) is 5. The lowest BCUT2D eigenvalue weighted by molar-refractivity contribution is 0.474. The minimum Gasteiger partial charge on any atom is -0.457 e. The van der Waals surface area contributed by atoms with Crippen LogP contribution in [-0.2, 0) is 11.5 Å². The summed E-state index contributed by atoms with van der Waals surface area (Å²) in [7, 11) is 0. The van der Waals surface area contributed by atoms with Gasteiger partial charge in [0.15, 0.2) is 10.3 Å². The van der Waals surface area contributed by atoms with E-state index in [1.807, 2.05) is 48.5 Å². The van der Waals surface area contributed by atoms with Crippen molar-refractivity contribution in [1.82, 2.24) is 0 Å². The van der Waals surface area contributed by atoms with Gasteiger partial charge >= 0.3 is 0 Å². The van der Waals surface area contributed by atoms with Gasteiger partial charge in [-0.2, -0.15) is 0 Å². The van der Waals surface area contributed by atoms with Crippen molar-refractivity contribution >= 4 is 50.8 Å². The standard InChI is InChI=1S/C16H18N4OS2.BrH/c17-15(18)22-9-11-5-1-3-7-13(11)21-14-8-4-2-6-12(14)10-23-16(19)20;/h1-8H,9-10H2,(H3,17,18)(H3,19,20);1H. The molecule has 0 atom stereocenters. The van der Waals surface area contributed by atoms with E-state index in [-0.39, 0.29) is 27.3 Å². The lowest BCUT2D eigenvalue weighted by Gasteiger charge is -2.13. The molecule has 5 nitrogen and oxygen atoms in total. The number of halogens is 1. The van der Waals surface area contributed by atoms with Gasteiger partial charge in [0.2, 0.25) is 0 Å². The topological polar surface area (TPSA) is 109 Å². The van der Waals surface area contributed by atoms with Gasteiger partial charge in [-0.05, 0) is 12.1 Å². The minimum atomic E-state index is 0. The van der Waals surface area contributed by atoms with Gasteiger partial charge in [0.1, 0.15) is 11.5 Å². The van der Waals surface area contributed by atoms with E-state index in [1.54, 1.807) is 0 Å². The third-order valence-electron chi connectivity index (χ3n) is 2.93. The molecule has 0 spiro atoms. The predicted molar refractivity (Wildman–Crippen MR) is 110 cm³/mol. The molecule has 0 aromatic heterocycles. The molecular weight excluding hydrogens is 408 g/mol. The Labute approximate surface area is 160 Å². The summed E-state index contributed by atoms with van der Waals surface area (Å²) in [4.78, 5) is 0. The Morgan fingerprint density at radius 2 is 1.17 bits per heavy atom. The van der Waals surface area contributed by atoms with E-state index >= 15 is 0 Å². The fraction of sp³-hybridized carbons (Fsp3) is 0.125. The smallest absolute Gasteiger partial charge is 0.151 e. The van der Waals surface area contributed by atoms with Gasteiger partial charge in [0.05, 0.1) is 0 Å². The highest BCUT2D eigenvalue weighted by Crippen LogP contribution is 2.31. The molecule has 24 heavy (non-hydrogen) atoms. The number of ether oxygens (including phenoxy) is 1. The molecule has 0 saturated heterocycles. The molecule has 0 aliphatic rings. The van der Waals surface area contributed by atoms with Crippen LogP contribution in [0.2, 0.25) is 0 Å². The van der Waals surface area contributed by atoms with Crippen LogP contribution in [0.1, 0.15) is 11.1 Å². The van der Waals surface area contributed by atoms with Gasteiger partial charge in [0, 0.05) is 22.6 Å². The average molecular weight is 427 g/mol. The first kappa shape index (κ1) is 20.4. The normalized spacial score (nSPS) is 9.83. The lowest BCUT2D eigenvalue weighted by atomic mass is 10.2. The highest BCUT2D eigenvalue weighted by molar-refractivity contribution is 8.93. The second-order valence-corrected chi connectivity index (χ2v) is 6.66. The Bertz CT molecular complexity index is 652. The second kappa shape index (κ2) is 10.3. The number of rotatable bonds is 6. The van der Waals surface area contributed by atoms with Crippen LogP contribution in [0.15, 0.2) is 48.5 Å². The fourth-order valence-corrected chi connectivity index (χ4v) is 2.97. The monoisotopic (exact) mass is 426 g/mol. The molecular formula is C16H19BrN4OS2. The van der Waals surface area contributed by atoms with Gasteiger partial charge in [-0.1, -0.05) is 59.9 Å². The first-order chi connectivity index (χ1) is 11.1. The summed E-state index contributed by atoms with van der Waals surface area (Å²) in [6.07, 6.45) is 0. The fourth-order valence-electron chi connectivity index (χ4n) is 1.87. The average Bonchev–Trinajstić information content (AvgIpc) is 2.53. The molecule has 2 aromatic rings. The van der Waals surface area contributed by atoms with Crippen molar-refractivity contribution in [2.75, 3.05) is 0 Å². The summed E-state index contributed by atoms with van der Waals surface area (Å²) in [5.74, 6) is 2.63. The van der Waals surface area contributed by atoms with Crippen LogP contribution < -0.4 is 16.2 Å². The highest BCUT2D eigenvalue weighted by Gasteiger charge is 2.09. The number of amidine groups is 2. The molecule has 0 heterocycles. The van der Waals surface area contributed by atoms with Crippen molar-refractivity contribution in [3.8, 4) is 11.5 Å². The maximum absolute atomic E-state index is 7.33. The van der Waals surface area contributed by atoms with Crippen molar-refractivity contribution in [2.45, 2.75) is 11.5 Å². The molecule has 0 bridgehead atoms. The van der Waals surface area contributed by atoms with E-state index in [0.29, 0.717) is 11.5 Å². The van der Waals surface area contributed by atoms with Crippen LogP contribution in [0.4, 0.5) is 0 Å². The molecule has 0 aliphatic carbocycles. The number of para-hydroxylation sites is 2. The summed E-state index contributed by atoms with van der Waals surface area (Å²) >= 11 is 2.52. The lowest BCUT2D eigenvalue weighted by Crippen LogP contribution is -2.05. The van der Waals surface area contributed by atoms with Crippen molar-refractivity contribution in [2.24, 2.45) is 11.5 Å². The van der Waals surface area contributed by atoms with E-state index in [4.69, 9.17) is 27.0 Å². The Kier molecular flexibility index (Phi) is 8.73. The molecule has 2 rings (SSSR count). The molecule has 6 N–H and O–H groups in total. The zero-order chi connectivity index (χ0) is 16.7. The van der Waals surface area contributed by atoms with Crippen LogP contribution in [0.25, 0.3) is 0 Å². The molecule has 0 saturated carbocycles. The zero-order valence-corrected chi connectivity index (χ0v) is 16.2. The van der Waals surface area contributed by atoms with Gasteiger partial charge in [-0.3, -0.25) is 10.8 Å². The van der Waals surface area contributed by atoms with E-state index in [1.165, 1.54) is 23.5 Å². The largest absolute Gasteiger partial charge is 0.457 e. The van der Waals surface area contributed by atoms with Gasteiger partial charge in [-0.15, -0.1) is 17.0 Å². The van der Waals surface area contributed by atoms with E-state index in [0.717, 1.165) is 22.6 Å². The summed E-state index contributed by atoms with van der Waals surface area (Å²) in [6, 6.07) is 15.4. The van der Waals surface area contributed by atoms with Crippen LogP contribution in [0.5, 0.6) is 11.5 Å². The second-order valence-electron chi connectivity index (χ2n) is 4.62. The zero-order valence-electron chi connectivity index (χ0n) is 12.8. The molecule has 0 unspecified atom stereocenters. The quantitative estimate of drug-likeness (QED) is 0.406. The Morgan fingerprint density at radius 3 is 1.54 bits per heavy atom. The predicted octanol–water partition coefficient (Wildman–Crippen LogP) is 4.31. The van der Waals surface area contributed by atoms with Crippen molar-refractivity contribution < 1.29 is 4.74 Å². The van der Waals surface area contributed by atoms with E-state index in [9.17, 15) is 0 Å². The van der Waals surface area contributed by atoms with Crippen molar-refractivity contribution in [3.63, 3.8) is 0 Å². The van der Waals surface area contributed by atoms with Crippen LogP contribution >= 0.6 is 40.5 Å². The summed E-state index contributed by atoms with van der Waals surface area (Å²) in [5.41, 5.74) is 12.8. The molecule has 128 valence electrons. The third-order valence-corrected chi connectivity index (χ3v) is 4.46. The number of nitrogens with one attached hydrogen (secondary N) is 2. The number of thioether (sulfide) groups is 2. The summed E-state index contributed by atoms with van der Waals surface area (Å²) in [5, 5.41) is 14.8. The minimum absolute atomic E-state index is 0. The molecule has 0 amide bonds. The third kappa shape index (κ3) is 6.46. The van der Waals surface area contributed by atoms with Gasteiger partial charge < -0.3 is 16.2 Å². The van der Waals surface area contributed by atoms with Crippen molar-refractivity contribution in [1.29, 1.82) is 10.8 Å². The van der Waals surface area contributed by atoms with Gasteiger partial charge in [0.25, 0.3) is 0 Å². The Hall–Kier alpha value is -1.64. The SMILES string of the molecule is Br.N=C(N)SCc1ccccc1Oc1ccccc1CSC(=N)N. The Morgan fingerprint density at radius 1 is 0.792 bits per heavy atom. The molecule has 0 aliphatic heterocycles. The first-order valence-electron chi connectivity index (χ1n) is 6.83.